The molecule has 0 heterocycles. The number of rotatable bonds is 9. The highest BCUT2D eigenvalue weighted by Crippen LogP contribution is 2.08. The van der Waals surface area contributed by atoms with Crippen molar-refractivity contribution in [1.82, 2.24) is 5.32 Å². The fourth-order valence-corrected chi connectivity index (χ4v) is 2.06. The number of benzene rings is 1. The van der Waals surface area contributed by atoms with Crippen LogP contribution < -0.4 is 5.32 Å². The zero-order valence-corrected chi connectivity index (χ0v) is 16.0. The first-order valence-corrected chi connectivity index (χ1v) is 8.74. The Kier molecular flexibility index (Phi) is 9.44. The molecule has 1 rings (SSSR count). The average molecular weight is 363 g/mol. The Morgan fingerprint density at radius 1 is 1.19 bits per heavy atom. The second-order valence-corrected chi connectivity index (χ2v) is 6.73. The summed E-state index contributed by atoms with van der Waals surface area (Å²) in [6.45, 7) is 8.20. The van der Waals surface area contributed by atoms with Crippen LogP contribution in [0, 0.1) is 0 Å². The van der Waals surface area contributed by atoms with Crippen LogP contribution in [0.3, 0.4) is 0 Å². The minimum absolute atomic E-state index is 0.293. The molecule has 0 aromatic heterocycles. The number of esters is 1. The van der Waals surface area contributed by atoms with Gasteiger partial charge in [-0.2, -0.15) is 0 Å². The molecule has 0 saturated heterocycles. The van der Waals surface area contributed by atoms with Gasteiger partial charge >= 0.3 is 12.1 Å². The normalized spacial score (nSPS) is 12.6. The van der Waals surface area contributed by atoms with E-state index in [0.717, 1.165) is 5.56 Å². The molecule has 0 radical (unpaired) electrons. The Labute approximate surface area is 155 Å². The van der Waals surface area contributed by atoms with Gasteiger partial charge < -0.3 is 19.5 Å². The number of carbonyl (C=O) groups excluding carboxylic acids is 2. The Morgan fingerprint density at radius 2 is 1.88 bits per heavy atom. The molecular weight excluding hydrogens is 334 g/mol. The molecule has 0 aliphatic heterocycles. The van der Waals surface area contributed by atoms with Crippen LogP contribution in [0.4, 0.5) is 4.79 Å². The van der Waals surface area contributed by atoms with Crippen LogP contribution in [0.25, 0.3) is 0 Å². The average Bonchev–Trinajstić information content (AvgIpc) is 2.54. The maximum atomic E-state index is 12.0. The summed E-state index contributed by atoms with van der Waals surface area (Å²) in [5.74, 6) is -0.409. The van der Waals surface area contributed by atoms with E-state index in [1.54, 1.807) is 33.8 Å². The molecule has 1 atom stereocenters. The largest absolute Gasteiger partial charge is 0.463 e. The van der Waals surface area contributed by atoms with Gasteiger partial charge in [-0.1, -0.05) is 36.4 Å². The molecule has 144 valence electrons. The molecule has 0 unspecified atom stereocenters. The van der Waals surface area contributed by atoms with Gasteiger partial charge in [-0.15, -0.1) is 0 Å². The summed E-state index contributed by atoms with van der Waals surface area (Å²) >= 11 is 0. The van der Waals surface area contributed by atoms with E-state index < -0.39 is 17.7 Å². The third kappa shape index (κ3) is 10.5. The molecular formula is C20H29NO5. The molecule has 0 fully saturated rings. The third-order valence-electron chi connectivity index (χ3n) is 3.11. The van der Waals surface area contributed by atoms with Crippen molar-refractivity contribution in [2.24, 2.45) is 0 Å². The number of amides is 1. The molecule has 6 heteroatoms. The highest BCUT2D eigenvalue weighted by Gasteiger charge is 2.19. The second kappa shape index (κ2) is 11.3. The van der Waals surface area contributed by atoms with Crippen molar-refractivity contribution >= 4 is 12.1 Å². The van der Waals surface area contributed by atoms with Crippen LogP contribution in [0.5, 0.6) is 0 Å². The molecule has 6 nitrogen and oxygen atoms in total. The van der Waals surface area contributed by atoms with Gasteiger partial charge in [0.25, 0.3) is 0 Å². The Hall–Kier alpha value is -2.34. The van der Waals surface area contributed by atoms with Gasteiger partial charge in [0.2, 0.25) is 0 Å². The first-order chi connectivity index (χ1) is 12.3. The standard InChI is InChI=1S/C20H29NO5/c1-5-25-18(22)13-9-12-17(21-19(23)26-20(2,3)4)15-24-14-16-10-7-6-8-11-16/h6-11,13,17H,5,12,14-15H2,1-4H3,(H,21,23)/b13-9+/t17-/m0/s1. The Bertz CT molecular complexity index is 578. The van der Waals surface area contributed by atoms with Crippen molar-refractivity contribution < 1.29 is 23.8 Å². The van der Waals surface area contributed by atoms with E-state index in [0.29, 0.717) is 26.2 Å². The highest BCUT2D eigenvalue weighted by molar-refractivity contribution is 5.81. The van der Waals surface area contributed by atoms with Gasteiger partial charge in [-0.25, -0.2) is 9.59 Å². The lowest BCUT2D eigenvalue weighted by Gasteiger charge is -2.23. The molecule has 0 saturated carbocycles. The van der Waals surface area contributed by atoms with Crippen LogP contribution in [-0.2, 0) is 25.6 Å². The summed E-state index contributed by atoms with van der Waals surface area (Å²) in [5, 5.41) is 2.78. The fourth-order valence-electron chi connectivity index (χ4n) is 2.06. The van der Waals surface area contributed by atoms with Crippen LogP contribution in [0.15, 0.2) is 42.5 Å². The molecule has 1 aromatic rings. The predicted molar refractivity (Wildman–Crippen MR) is 99.6 cm³/mol. The van der Waals surface area contributed by atoms with Gasteiger partial charge in [0.05, 0.1) is 25.9 Å². The summed E-state index contributed by atoms with van der Waals surface area (Å²) in [7, 11) is 0. The molecule has 26 heavy (non-hydrogen) atoms. The molecule has 1 aromatic carbocycles. The van der Waals surface area contributed by atoms with E-state index in [9.17, 15) is 9.59 Å². The van der Waals surface area contributed by atoms with E-state index >= 15 is 0 Å². The number of hydrogen-bond acceptors (Lipinski definition) is 5. The lowest BCUT2D eigenvalue weighted by atomic mass is 10.2. The fraction of sp³-hybridized carbons (Fsp3) is 0.500. The summed E-state index contributed by atoms with van der Waals surface area (Å²) in [6.07, 6.45) is 2.92. The van der Waals surface area contributed by atoms with E-state index in [2.05, 4.69) is 5.32 Å². The molecule has 0 bridgehead atoms. The smallest absolute Gasteiger partial charge is 0.407 e. The van der Waals surface area contributed by atoms with E-state index in [1.807, 2.05) is 30.3 Å². The molecule has 1 amide bonds. The van der Waals surface area contributed by atoms with Crippen molar-refractivity contribution in [3.63, 3.8) is 0 Å². The lowest BCUT2D eigenvalue weighted by molar-refractivity contribution is -0.137. The third-order valence-corrected chi connectivity index (χ3v) is 3.11. The zero-order chi connectivity index (χ0) is 19.4. The zero-order valence-electron chi connectivity index (χ0n) is 16.0. The highest BCUT2D eigenvalue weighted by atomic mass is 16.6. The van der Waals surface area contributed by atoms with Crippen molar-refractivity contribution in [2.75, 3.05) is 13.2 Å². The summed E-state index contributed by atoms with van der Waals surface area (Å²) in [4.78, 5) is 23.4. The van der Waals surface area contributed by atoms with Gasteiger partial charge in [0.15, 0.2) is 0 Å². The quantitative estimate of drug-likeness (QED) is 0.536. The number of nitrogens with one attached hydrogen (secondary N) is 1. The summed E-state index contributed by atoms with van der Waals surface area (Å²) < 4.78 is 15.8. The van der Waals surface area contributed by atoms with Crippen LogP contribution in [0.2, 0.25) is 0 Å². The number of carbonyl (C=O) groups is 2. The maximum Gasteiger partial charge on any atom is 0.407 e. The van der Waals surface area contributed by atoms with Crippen LogP contribution in [-0.4, -0.2) is 36.9 Å². The van der Waals surface area contributed by atoms with Crippen molar-refractivity contribution in [3.05, 3.63) is 48.0 Å². The predicted octanol–water partition coefficient (Wildman–Crippen LogP) is 3.61. The van der Waals surface area contributed by atoms with Crippen LogP contribution in [0.1, 0.15) is 39.7 Å². The molecule has 0 aliphatic carbocycles. The van der Waals surface area contributed by atoms with E-state index in [1.165, 1.54) is 6.08 Å². The monoisotopic (exact) mass is 363 g/mol. The molecule has 1 N–H and O–H groups in total. The number of ether oxygens (including phenoxy) is 3. The summed E-state index contributed by atoms with van der Waals surface area (Å²) in [5.41, 5.74) is 0.464. The van der Waals surface area contributed by atoms with Crippen molar-refractivity contribution in [2.45, 2.75) is 52.4 Å². The van der Waals surface area contributed by atoms with Gasteiger partial charge in [-0.3, -0.25) is 0 Å². The minimum Gasteiger partial charge on any atom is -0.463 e. The van der Waals surface area contributed by atoms with Crippen molar-refractivity contribution in [3.8, 4) is 0 Å². The maximum absolute atomic E-state index is 12.0. The number of hydrogen-bond donors (Lipinski definition) is 1. The minimum atomic E-state index is -0.583. The topological polar surface area (TPSA) is 73.9 Å². The second-order valence-electron chi connectivity index (χ2n) is 6.73. The Balaban J connectivity index is 2.56. The van der Waals surface area contributed by atoms with E-state index in [-0.39, 0.29) is 6.04 Å². The van der Waals surface area contributed by atoms with Crippen LogP contribution >= 0.6 is 0 Å². The van der Waals surface area contributed by atoms with E-state index in [4.69, 9.17) is 14.2 Å². The lowest BCUT2D eigenvalue weighted by Crippen LogP contribution is -2.41. The van der Waals surface area contributed by atoms with Gasteiger partial charge in [0.1, 0.15) is 5.60 Å². The molecule has 0 aliphatic rings. The number of alkyl carbamates (subject to hydrolysis) is 1. The van der Waals surface area contributed by atoms with Gasteiger partial charge in [0, 0.05) is 6.08 Å². The SMILES string of the molecule is CCOC(=O)/C=C/C[C@@H](COCc1ccccc1)NC(=O)OC(C)(C)C. The van der Waals surface area contributed by atoms with Crippen molar-refractivity contribution in [1.29, 1.82) is 0 Å². The first kappa shape index (κ1) is 21.7. The summed E-state index contributed by atoms with van der Waals surface area (Å²) in [6, 6.07) is 9.44. The van der Waals surface area contributed by atoms with Gasteiger partial charge in [-0.05, 0) is 39.7 Å². The first-order valence-electron chi connectivity index (χ1n) is 8.74. The Morgan fingerprint density at radius 3 is 2.50 bits per heavy atom. The molecule has 0 spiro atoms.